The molecule has 0 saturated heterocycles. The van der Waals surface area contributed by atoms with Crippen LogP contribution in [0, 0.1) is 0 Å². The van der Waals surface area contributed by atoms with Crippen LogP contribution in [0.25, 0.3) is 11.0 Å². The van der Waals surface area contributed by atoms with Gasteiger partial charge in [0, 0.05) is 20.7 Å². The molecule has 3 N–H and O–H groups in total. The zero-order valence-corrected chi connectivity index (χ0v) is 11.1. The summed E-state index contributed by atoms with van der Waals surface area (Å²) in [4.78, 5) is 8.61. The minimum atomic E-state index is 0.541. The summed E-state index contributed by atoms with van der Waals surface area (Å²) in [5, 5.41) is 13.8. The molecule has 2 heterocycles. The first kappa shape index (κ1) is 13.5. The van der Waals surface area contributed by atoms with Crippen molar-refractivity contribution in [3.05, 3.63) is 6.20 Å². The molecule has 2 rings (SSSR count). The molecular weight excluding hydrogens is 248 g/mol. The van der Waals surface area contributed by atoms with E-state index in [1.807, 2.05) is 0 Å². The second-order valence-electron chi connectivity index (χ2n) is 3.81. The first-order valence-electron chi connectivity index (χ1n) is 6.04. The number of ether oxygens (including phenoxy) is 2. The number of rotatable bonds is 8. The molecule has 0 atom stereocenters. The van der Waals surface area contributed by atoms with Gasteiger partial charge in [-0.15, -0.1) is 0 Å². The normalized spacial score (nSPS) is 10.8. The van der Waals surface area contributed by atoms with Gasteiger partial charge < -0.3 is 20.1 Å². The molecule has 0 radical (unpaired) electrons. The molecular formula is C11H18N6O2. The number of methoxy groups -OCH3 is 1. The van der Waals surface area contributed by atoms with Gasteiger partial charge >= 0.3 is 0 Å². The Morgan fingerprint density at radius 2 is 2.16 bits per heavy atom. The van der Waals surface area contributed by atoms with Crippen LogP contribution in [0.5, 0.6) is 0 Å². The predicted molar refractivity (Wildman–Crippen MR) is 72.4 cm³/mol. The van der Waals surface area contributed by atoms with E-state index in [1.165, 1.54) is 0 Å². The lowest BCUT2D eigenvalue weighted by atomic mass is 10.4. The molecule has 2 aromatic heterocycles. The monoisotopic (exact) mass is 266 g/mol. The van der Waals surface area contributed by atoms with Crippen LogP contribution in [-0.4, -0.2) is 60.7 Å². The van der Waals surface area contributed by atoms with Crippen molar-refractivity contribution in [1.29, 1.82) is 0 Å². The zero-order valence-electron chi connectivity index (χ0n) is 11.1. The van der Waals surface area contributed by atoms with Crippen molar-refractivity contribution >= 4 is 22.8 Å². The average molecular weight is 266 g/mol. The van der Waals surface area contributed by atoms with Gasteiger partial charge in [0.15, 0.2) is 5.65 Å². The Bertz CT molecular complexity index is 515. The van der Waals surface area contributed by atoms with Crippen LogP contribution in [0.3, 0.4) is 0 Å². The van der Waals surface area contributed by atoms with E-state index < -0.39 is 0 Å². The molecule has 0 amide bonds. The molecule has 0 aliphatic rings. The van der Waals surface area contributed by atoms with Crippen LogP contribution in [0.2, 0.25) is 0 Å². The number of aromatic nitrogens is 4. The number of H-pyrrole nitrogens is 1. The van der Waals surface area contributed by atoms with E-state index in [1.54, 1.807) is 20.4 Å². The highest BCUT2D eigenvalue weighted by atomic mass is 16.5. The van der Waals surface area contributed by atoms with Gasteiger partial charge in [0.1, 0.15) is 5.82 Å². The van der Waals surface area contributed by atoms with Gasteiger partial charge in [-0.1, -0.05) is 0 Å². The van der Waals surface area contributed by atoms with Gasteiger partial charge in [0.25, 0.3) is 0 Å². The van der Waals surface area contributed by atoms with Crippen LogP contribution in [-0.2, 0) is 9.47 Å². The smallest absolute Gasteiger partial charge is 0.226 e. The Kier molecular flexibility index (Phi) is 4.87. The topological polar surface area (TPSA) is 97.0 Å². The van der Waals surface area contributed by atoms with Gasteiger partial charge in [-0.05, 0) is 0 Å². The summed E-state index contributed by atoms with van der Waals surface area (Å²) in [6.07, 6.45) is 1.70. The minimum absolute atomic E-state index is 0.541. The zero-order chi connectivity index (χ0) is 13.5. The first-order chi connectivity index (χ1) is 9.35. The number of aromatic amines is 1. The van der Waals surface area contributed by atoms with E-state index in [0.29, 0.717) is 38.0 Å². The maximum atomic E-state index is 5.38. The third-order valence-corrected chi connectivity index (χ3v) is 2.50. The van der Waals surface area contributed by atoms with Gasteiger partial charge in [0.2, 0.25) is 5.95 Å². The molecule has 0 fully saturated rings. The molecule has 2 aromatic rings. The molecule has 0 spiro atoms. The van der Waals surface area contributed by atoms with Crippen molar-refractivity contribution in [2.45, 2.75) is 0 Å². The molecule has 8 heteroatoms. The highest BCUT2D eigenvalue weighted by Crippen LogP contribution is 2.19. The fraction of sp³-hybridized carbons (Fsp3) is 0.545. The van der Waals surface area contributed by atoms with E-state index in [4.69, 9.17) is 9.47 Å². The highest BCUT2D eigenvalue weighted by molar-refractivity contribution is 5.86. The molecule has 0 aliphatic carbocycles. The lowest BCUT2D eigenvalue weighted by Crippen LogP contribution is -2.13. The summed E-state index contributed by atoms with van der Waals surface area (Å²) in [7, 11) is 3.42. The number of nitrogens with one attached hydrogen (secondary N) is 3. The van der Waals surface area contributed by atoms with E-state index in [2.05, 4.69) is 30.8 Å². The Morgan fingerprint density at radius 1 is 1.26 bits per heavy atom. The maximum Gasteiger partial charge on any atom is 0.226 e. The summed E-state index contributed by atoms with van der Waals surface area (Å²) in [5.41, 5.74) is 0.696. The fourth-order valence-corrected chi connectivity index (χ4v) is 1.57. The number of hydrogen-bond donors (Lipinski definition) is 3. The largest absolute Gasteiger partial charge is 0.382 e. The van der Waals surface area contributed by atoms with Crippen molar-refractivity contribution in [2.24, 2.45) is 0 Å². The second-order valence-corrected chi connectivity index (χ2v) is 3.81. The van der Waals surface area contributed by atoms with Crippen LogP contribution >= 0.6 is 0 Å². The second kappa shape index (κ2) is 6.86. The molecule has 0 unspecified atom stereocenters. The Balaban J connectivity index is 1.93. The van der Waals surface area contributed by atoms with Crippen molar-refractivity contribution < 1.29 is 9.47 Å². The van der Waals surface area contributed by atoms with Gasteiger partial charge in [-0.3, -0.25) is 5.10 Å². The van der Waals surface area contributed by atoms with Crippen LogP contribution < -0.4 is 10.6 Å². The summed E-state index contributed by atoms with van der Waals surface area (Å²) < 4.78 is 10.3. The molecule has 19 heavy (non-hydrogen) atoms. The first-order valence-corrected chi connectivity index (χ1v) is 6.04. The van der Waals surface area contributed by atoms with Gasteiger partial charge in [0.05, 0.1) is 31.4 Å². The standard InChI is InChI=1S/C11H18N6O2/c1-12-11-15-9(8-7-14-17-10(8)16-11)13-3-4-19-6-5-18-2/h7H,3-6H2,1-2H3,(H3,12,13,14,15,16,17). The average Bonchev–Trinajstić information content (AvgIpc) is 2.90. The lowest BCUT2D eigenvalue weighted by molar-refractivity contribution is 0.0759. The van der Waals surface area contributed by atoms with E-state index in [9.17, 15) is 0 Å². The fourth-order valence-electron chi connectivity index (χ4n) is 1.57. The minimum Gasteiger partial charge on any atom is -0.382 e. The predicted octanol–water partition coefficient (Wildman–Crippen LogP) is 0.469. The van der Waals surface area contributed by atoms with Crippen molar-refractivity contribution in [3.63, 3.8) is 0 Å². The van der Waals surface area contributed by atoms with Crippen molar-refractivity contribution in [2.75, 3.05) is 51.2 Å². The summed E-state index contributed by atoms with van der Waals surface area (Å²) in [5.74, 6) is 1.28. The summed E-state index contributed by atoms with van der Waals surface area (Å²) >= 11 is 0. The number of nitrogens with zero attached hydrogens (tertiary/aromatic N) is 3. The lowest BCUT2D eigenvalue weighted by Gasteiger charge is -2.08. The molecule has 104 valence electrons. The summed E-state index contributed by atoms with van der Waals surface area (Å²) in [6, 6.07) is 0. The Labute approximate surface area is 110 Å². The maximum absolute atomic E-state index is 5.38. The third kappa shape index (κ3) is 3.52. The van der Waals surface area contributed by atoms with Crippen molar-refractivity contribution in [1.82, 2.24) is 20.2 Å². The molecule has 0 aromatic carbocycles. The Morgan fingerprint density at radius 3 is 2.95 bits per heavy atom. The van der Waals surface area contributed by atoms with Gasteiger partial charge in [-0.2, -0.15) is 15.1 Å². The quantitative estimate of drug-likeness (QED) is 0.597. The number of anilines is 2. The van der Waals surface area contributed by atoms with Crippen LogP contribution in [0.4, 0.5) is 11.8 Å². The highest BCUT2D eigenvalue weighted by Gasteiger charge is 2.07. The molecule has 8 nitrogen and oxygen atoms in total. The third-order valence-electron chi connectivity index (χ3n) is 2.50. The van der Waals surface area contributed by atoms with E-state index in [-0.39, 0.29) is 0 Å². The Hall–Kier alpha value is -1.93. The molecule has 0 bridgehead atoms. The van der Waals surface area contributed by atoms with Crippen molar-refractivity contribution in [3.8, 4) is 0 Å². The van der Waals surface area contributed by atoms with Crippen LogP contribution in [0.1, 0.15) is 0 Å². The van der Waals surface area contributed by atoms with Crippen LogP contribution in [0.15, 0.2) is 6.20 Å². The number of hydrogen-bond acceptors (Lipinski definition) is 7. The SMILES string of the molecule is CNc1nc(NCCOCCOC)c2cn[nH]c2n1. The van der Waals surface area contributed by atoms with Gasteiger partial charge in [-0.25, -0.2) is 0 Å². The molecule has 0 saturated carbocycles. The molecule has 0 aliphatic heterocycles. The van der Waals surface area contributed by atoms with E-state index in [0.717, 1.165) is 11.2 Å². The summed E-state index contributed by atoms with van der Waals surface area (Å²) in [6.45, 7) is 2.43. The number of fused-ring (bicyclic) bond motifs is 1. The van der Waals surface area contributed by atoms with E-state index >= 15 is 0 Å².